The lowest BCUT2D eigenvalue weighted by molar-refractivity contribution is -0.130. The number of aryl methyl sites for hydroxylation is 1. The summed E-state index contributed by atoms with van der Waals surface area (Å²) in [6, 6.07) is 7.93. The van der Waals surface area contributed by atoms with E-state index in [2.05, 4.69) is 15.0 Å². The summed E-state index contributed by atoms with van der Waals surface area (Å²) in [7, 11) is 3.85. The van der Waals surface area contributed by atoms with Gasteiger partial charge in [0, 0.05) is 69.2 Å². The molecular formula is C25H30N6O2. The zero-order valence-corrected chi connectivity index (χ0v) is 19.4. The molecular weight excluding hydrogens is 416 g/mol. The number of carbonyl (C=O) groups excluding carboxylic acids is 1. The summed E-state index contributed by atoms with van der Waals surface area (Å²) in [4.78, 5) is 34.3. The Balaban J connectivity index is 1.39. The van der Waals surface area contributed by atoms with Gasteiger partial charge in [0.2, 0.25) is 11.9 Å². The number of amides is 1. The normalized spacial score (nSPS) is 15.5. The maximum absolute atomic E-state index is 12.8. The van der Waals surface area contributed by atoms with Crippen molar-refractivity contribution in [3.8, 4) is 16.9 Å². The fraction of sp³-hybridized carbons (Fsp3) is 0.400. The van der Waals surface area contributed by atoms with Crippen molar-refractivity contribution in [3.05, 3.63) is 60.4 Å². The van der Waals surface area contributed by atoms with Crippen LogP contribution in [0.2, 0.25) is 0 Å². The van der Waals surface area contributed by atoms with Crippen LogP contribution in [0.4, 0.5) is 5.95 Å². The maximum Gasteiger partial charge on any atom is 0.225 e. The Morgan fingerprint density at radius 2 is 1.97 bits per heavy atom. The molecule has 0 bridgehead atoms. The van der Waals surface area contributed by atoms with Crippen molar-refractivity contribution in [3.63, 3.8) is 0 Å². The fourth-order valence-electron chi connectivity index (χ4n) is 4.06. The molecule has 0 N–H and O–H groups in total. The second kappa shape index (κ2) is 10.4. The molecule has 172 valence electrons. The minimum Gasteiger partial charge on any atom is -0.493 e. The predicted molar refractivity (Wildman–Crippen MR) is 127 cm³/mol. The van der Waals surface area contributed by atoms with Crippen LogP contribution in [-0.4, -0.2) is 64.5 Å². The van der Waals surface area contributed by atoms with Crippen molar-refractivity contribution in [1.82, 2.24) is 24.8 Å². The summed E-state index contributed by atoms with van der Waals surface area (Å²) in [5.74, 6) is 1.85. The summed E-state index contributed by atoms with van der Waals surface area (Å²) in [5.41, 5.74) is 3.86. The Morgan fingerprint density at radius 3 is 2.73 bits per heavy atom. The Kier molecular flexibility index (Phi) is 7.12. The monoisotopic (exact) mass is 446 g/mol. The summed E-state index contributed by atoms with van der Waals surface area (Å²) < 4.78 is 5.84. The van der Waals surface area contributed by atoms with Crippen molar-refractivity contribution in [2.75, 3.05) is 38.7 Å². The number of para-hydroxylation sites is 1. The first-order valence-electron chi connectivity index (χ1n) is 11.3. The molecule has 1 atom stereocenters. The van der Waals surface area contributed by atoms with Gasteiger partial charge in [-0.15, -0.1) is 0 Å². The van der Waals surface area contributed by atoms with E-state index in [0.29, 0.717) is 31.9 Å². The molecule has 0 aliphatic carbocycles. The van der Waals surface area contributed by atoms with Crippen molar-refractivity contribution >= 4 is 11.9 Å². The van der Waals surface area contributed by atoms with E-state index >= 15 is 0 Å². The van der Waals surface area contributed by atoms with Gasteiger partial charge in [0.15, 0.2) is 0 Å². The number of nitrogens with zero attached hydrogens (tertiary/aromatic N) is 6. The largest absolute Gasteiger partial charge is 0.493 e. The van der Waals surface area contributed by atoms with Gasteiger partial charge in [0.1, 0.15) is 12.1 Å². The fourth-order valence-corrected chi connectivity index (χ4v) is 4.06. The number of hydrogen-bond acceptors (Lipinski definition) is 7. The molecule has 8 nitrogen and oxygen atoms in total. The average Bonchev–Trinajstić information content (AvgIpc) is 3.33. The van der Waals surface area contributed by atoms with Crippen LogP contribution in [0.25, 0.3) is 11.1 Å². The lowest BCUT2D eigenvalue weighted by Crippen LogP contribution is -2.28. The van der Waals surface area contributed by atoms with E-state index < -0.39 is 0 Å². The number of benzene rings is 1. The van der Waals surface area contributed by atoms with Crippen LogP contribution in [-0.2, 0) is 4.79 Å². The topological polar surface area (TPSA) is 84.3 Å². The van der Waals surface area contributed by atoms with E-state index in [1.54, 1.807) is 12.4 Å². The molecule has 2 aromatic heterocycles. The summed E-state index contributed by atoms with van der Waals surface area (Å²) in [5, 5.41) is 0. The molecule has 1 unspecified atom stereocenters. The van der Waals surface area contributed by atoms with Crippen LogP contribution < -0.4 is 9.64 Å². The molecule has 3 heterocycles. The van der Waals surface area contributed by atoms with E-state index in [1.807, 2.05) is 61.3 Å². The number of likely N-dealkylation sites (tertiary alicyclic amines) is 1. The van der Waals surface area contributed by atoms with Crippen LogP contribution in [0.15, 0.2) is 49.2 Å². The number of hydrogen-bond donors (Lipinski definition) is 0. The Hall–Kier alpha value is -3.55. The summed E-state index contributed by atoms with van der Waals surface area (Å²) in [6.07, 6.45) is 8.94. The first-order chi connectivity index (χ1) is 16.0. The number of aromatic nitrogens is 4. The zero-order chi connectivity index (χ0) is 23.2. The van der Waals surface area contributed by atoms with Gasteiger partial charge in [-0.1, -0.05) is 18.2 Å². The third kappa shape index (κ3) is 5.45. The lowest BCUT2D eigenvalue weighted by Gasteiger charge is -2.19. The molecule has 0 spiro atoms. The smallest absolute Gasteiger partial charge is 0.225 e. The zero-order valence-electron chi connectivity index (χ0n) is 19.4. The number of ether oxygens (including phenoxy) is 1. The van der Waals surface area contributed by atoms with Gasteiger partial charge in [-0.3, -0.25) is 4.79 Å². The average molecular weight is 447 g/mol. The summed E-state index contributed by atoms with van der Waals surface area (Å²) in [6.45, 7) is 3.94. The first-order valence-corrected chi connectivity index (χ1v) is 11.3. The first kappa shape index (κ1) is 22.6. The minimum absolute atomic E-state index is 0.147. The van der Waals surface area contributed by atoms with Crippen molar-refractivity contribution in [1.29, 1.82) is 0 Å². The molecule has 1 aliphatic rings. The quantitative estimate of drug-likeness (QED) is 0.490. The molecule has 4 rings (SSSR count). The SMILES string of the molecule is Cc1ccccc1OCCCC(=O)N1CCC(c2nc(N(C)C)ncc2-c2cncnc2)C1. The highest BCUT2D eigenvalue weighted by molar-refractivity contribution is 5.76. The standard InChI is InChI=1S/C25H30N6O2/c1-18-7-4-5-8-22(18)33-12-6-9-23(32)31-11-10-19(16-31)24-21(20-13-26-17-27-14-20)15-28-25(29-24)30(2)3/h4-5,7-8,13-15,17,19H,6,9-12,16H2,1-3H3. The van der Waals surface area contributed by atoms with Gasteiger partial charge in [-0.05, 0) is 31.4 Å². The van der Waals surface area contributed by atoms with Gasteiger partial charge in [-0.2, -0.15) is 0 Å². The van der Waals surface area contributed by atoms with Gasteiger partial charge in [0.25, 0.3) is 0 Å². The van der Waals surface area contributed by atoms with E-state index in [4.69, 9.17) is 9.72 Å². The molecule has 8 heteroatoms. The van der Waals surface area contributed by atoms with Gasteiger partial charge in [-0.25, -0.2) is 19.9 Å². The highest BCUT2D eigenvalue weighted by Crippen LogP contribution is 2.34. The molecule has 1 amide bonds. The van der Waals surface area contributed by atoms with Crippen LogP contribution in [0.1, 0.15) is 36.4 Å². The molecule has 1 aliphatic heterocycles. The van der Waals surface area contributed by atoms with Gasteiger partial charge >= 0.3 is 0 Å². The third-order valence-electron chi connectivity index (χ3n) is 5.89. The highest BCUT2D eigenvalue weighted by Gasteiger charge is 2.30. The van der Waals surface area contributed by atoms with E-state index in [0.717, 1.165) is 41.1 Å². The lowest BCUT2D eigenvalue weighted by atomic mass is 9.97. The maximum atomic E-state index is 12.8. The minimum atomic E-state index is 0.147. The highest BCUT2D eigenvalue weighted by atomic mass is 16.5. The molecule has 0 radical (unpaired) electrons. The van der Waals surface area contributed by atoms with Crippen LogP contribution in [0, 0.1) is 6.92 Å². The molecule has 1 aromatic carbocycles. The van der Waals surface area contributed by atoms with Crippen molar-refractivity contribution < 1.29 is 9.53 Å². The molecule has 0 saturated carbocycles. The second-order valence-electron chi connectivity index (χ2n) is 8.53. The van der Waals surface area contributed by atoms with E-state index in [9.17, 15) is 4.79 Å². The van der Waals surface area contributed by atoms with Gasteiger partial charge < -0.3 is 14.5 Å². The Labute approximate surface area is 194 Å². The molecule has 3 aromatic rings. The third-order valence-corrected chi connectivity index (χ3v) is 5.89. The predicted octanol–water partition coefficient (Wildman–Crippen LogP) is 3.48. The Bertz CT molecular complexity index is 1090. The molecule has 1 saturated heterocycles. The van der Waals surface area contributed by atoms with Gasteiger partial charge in [0.05, 0.1) is 12.3 Å². The van der Waals surface area contributed by atoms with Crippen LogP contribution in [0.3, 0.4) is 0 Å². The molecule has 1 fully saturated rings. The number of carbonyl (C=O) groups is 1. The Morgan fingerprint density at radius 1 is 1.18 bits per heavy atom. The summed E-state index contributed by atoms with van der Waals surface area (Å²) >= 11 is 0. The van der Waals surface area contributed by atoms with E-state index in [1.165, 1.54) is 6.33 Å². The second-order valence-corrected chi connectivity index (χ2v) is 8.53. The van der Waals surface area contributed by atoms with Crippen LogP contribution in [0.5, 0.6) is 5.75 Å². The van der Waals surface area contributed by atoms with Crippen molar-refractivity contribution in [2.24, 2.45) is 0 Å². The number of rotatable bonds is 8. The van der Waals surface area contributed by atoms with E-state index in [-0.39, 0.29) is 11.8 Å². The number of anilines is 1. The van der Waals surface area contributed by atoms with Crippen molar-refractivity contribution in [2.45, 2.75) is 32.1 Å². The molecule has 33 heavy (non-hydrogen) atoms. The van der Waals surface area contributed by atoms with Crippen LogP contribution >= 0.6 is 0 Å².